The van der Waals surface area contributed by atoms with Crippen LogP contribution in [-0.4, -0.2) is 38.6 Å². The van der Waals surface area contributed by atoms with Crippen LogP contribution in [-0.2, 0) is 9.53 Å². The summed E-state index contributed by atoms with van der Waals surface area (Å²) in [6.45, 7) is -0.596. The second-order valence-corrected chi connectivity index (χ2v) is 7.43. The van der Waals surface area contributed by atoms with E-state index >= 15 is 0 Å². The smallest absolute Gasteiger partial charge is 0.338 e. The summed E-state index contributed by atoms with van der Waals surface area (Å²) in [5.41, 5.74) is -0.0213. The van der Waals surface area contributed by atoms with Crippen molar-refractivity contribution in [3.05, 3.63) is 68.4 Å². The van der Waals surface area contributed by atoms with Crippen LogP contribution in [0.4, 0.5) is 11.4 Å². The standard InChI is InChI=1S/C17H11Cl2N5O5S/c18-11-3-2-10(6-12(11)19)22-15(25)7-29-16(26)9-1-4-14(13(5-9)24(27)28)30-17-20-8-21-23-17/h1-6,8H,7H2,(H,22,25)(H,20,21,23). The Labute approximate surface area is 183 Å². The first-order chi connectivity index (χ1) is 14.3. The van der Waals surface area contributed by atoms with E-state index in [1.54, 1.807) is 0 Å². The molecule has 1 amide bonds. The van der Waals surface area contributed by atoms with Crippen molar-refractivity contribution >= 4 is 58.2 Å². The minimum absolute atomic E-state index is 0.0778. The fourth-order valence-electron chi connectivity index (χ4n) is 2.21. The van der Waals surface area contributed by atoms with Crippen molar-refractivity contribution < 1.29 is 19.2 Å². The molecular formula is C17H11Cl2N5O5S. The Balaban J connectivity index is 1.64. The van der Waals surface area contributed by atoms with Gasteiger partial charge < -0.3 is 10.1 Å². The van der Waals surface area contributed by atoms with Crippen LogP contribution in [0.15, 0.2) is 52.8 Å². The number of aromatic amines is 1. The molecule has 0 aliphatic carbocycles. The molecule has 0 atom stereocenters. The van der Waals surface area contributed by atoms with Crippen LogP contribution in [0.3, 0.4) is 0 Å². The van der Waals surface area contributed by atoms with Crippen molar-refractivity contribution in [3.8, 4) is 0 Å². The number of nitrogens with zero attached hydrogens (tertiary/aromatic N) is 3. The number of hydrogen-bond donors (Lipinski definition) is 2. The first-order valence-electron chi connectivity index (χ1n) is 8.07. The van der Waals surface area contributed by atoms with Gasteiger partial charge >= 0.3 is 5.97 Å². The molecule has 2 N–H and O–H groups in total. The topological polar surface area (TPSA) is 140 Å². The summed E-state index contributed by atoms with van der Waals surface area (Å²) in [4.78, 5) is 39.0. The highest BCUT2D eigenvalue weighted by molar-refractivity contribution is 7.99. The molecule has 30 heavy (non-hydrogen) atoms. The van der Waals surface area contributed by atoms with Gasteiger partial charge in [-0.25, -0.2) is 9.78 Å². The number of esters is 1. The molecule has 0 aliphatic heterocycles. The molecule has 1 heterocycles. The van der Waals surface area contributed by atoms with Crippen LogP contribution in [0, 0.1) is 10.1 Å². The van der Waals surface area contributed by atoms with Crippen molar-refractivity contribution in [1.29, 1.82) is 0 Å². The lowest BCUT2D eigenvalue weighted by atomic mass is 10.2. The Bertz CT molecular complexity index is 1110. The van der Waals surface area contributed by atoms with Crippen LogP contribution >= 0.6 is 35.0 Å². The highest BCUT2D eigenvalue weighted by atomic mass is 35.5. The van der Waals surface area contributed by atoms with Crippen LogP contribution in [0.25, 0.3) is 0 Å². The van der Waals surface area contributed by atoms with Crippen molar-refractivity contribution in [1.82, 2.24) is 15.2 Å². The number of anilines is 1. The third-order valence-electron chi connectivity index (χ3n) is 3.53. The molecule has 154 valence electrons. The summed E-state index contributed by atoms with van der Waals surface area (Å²) in [5, 5.41) is 21.0. The van der Waals surface area contributed by atoms with Gasteiger partial charge in [-0.05, 0) is 42.1 Å². The second-order valence-electron chi connectivity index (χ2n) is 5.59. The molecule has 0 spiro atoms. The molecule has 13 heteroatoms. The lowest BCUT2D eigenvalue weighted by molar-refractivity contribution is -0.387. The van der Waals surface area contributed by atoms with Gasteiger partial charge in [-0.1, -0.05) is 23.2 Å². The molecule has 0 fully saturated rings. The number of nitrogens with one attached hydrogen (secondary N) is 2. The first kappa shape index (κ1) is 21.6. The van der Waals surface area contributed by atoms with Gasteiger partial charge in [0.2, 0.25) is 0 Å². The average molecular weight is 468 g/mol. The summed E-state index contributed by atoms with van der Waals surface area (Å²) >= 11 is 12.7. The van der Waals surface area contributed by atoms with Gasteiger partial charge in [-0.2, -0.15) is 5.10 Å². The van der Waals surface area contributed by atoms with E-state index in [4.69, 9.17) is 27.9 Å². The van der Waals surface area contributed by atoms with E-state index in [0.29, 0.717) is 15.9 Å². The van der Waals surface area contributed by atoms with Crippen LogP contribution < -0.4 is 5.32 Å². The predicted octanol–water partition coefficient (Wildman–Crippen LogP) is 3.97. The molecule has 0 saturated carbocycles. The Hall–Kier alpha value is -3.15. The maximum absolute atomic E-state index is 12.2. The highest BCUT2D eigenvalue weighted by Gasteiger charge is 2.20. The third kappa shape index (κ3) is 5.47. The Kier molecular flexibility index (Phi) is 6.87. The molecule has 0 unspecified atom stereocenters. The zero-order valence-electron chi connectivity index (χ0n) is 14.8. The Morgan fingerprint density at radius 3 is 2.67 bits per heavy atom. The Morgan fingerprint density at radius 2 is 2.00 bits per heavy atom. The van der Waals surface area contributed by atoms with E-state index in [1.165, 1.54) is 36.7 Å². The summed E-state index contributed by atoms with van der Waals surface area (Å²) in [5.74, 6) is -1.51. The van der Waals surface area contributed by atoms with Gasteiger partial charge in [0.25, 0.3) is 11.6 Å². The third-order valence-corrected chi connectivity index (χ3v) is 5.22. The van der Waals surface area contributed by atoms with Gasteiger partial charge in [0, 0.05) is 11.8 Å². The van der Waals surface area contributed by atoms with Gasteiger partial charge in [0.15, 0.2) is 11.8 Å². The molecule has 0 bridgehead atoms. The zero-order valence-corrected chi connectivity index (χ0v) is 17.1. The maximum atomic E-state index is 12.2. The summed E-state index contributed by atoms with van der Waals surface area (Å²) in [6.07, 6.45) is 1.27. The number of nitro groups is 1. The number of ether oxygens (including phenoxy) is 1. The van der Waals surface area contributed by atoms with E-state index < -0.39 is 23.4 Å². The second kappa shape index (κ2) is 9.57. The van der Waals surface area contributed by atoms with Crippen molar-refractivity contribution in [3.63, 3.8) is 0 Å². The van der Waals surface area contributed by atoms with Crippen molar-refractivity contribution in [2.24, 2.45) is 0 Å². The van der Waals surface area contributed by atoms with Gasteiger partial charge in [-0.15, -0.1) is 0 Å². The number of aromatic nitrogens is 3. The van der Waals surface area contributed by atoms with Crippen molar-refractivity contribution in [2.75, 3.05) is 11.9 Å². The van der Waals surface area contributed by atoms with Crippen LogP contribution in [0.2, 0.25) is 10.0 Å². The molecule has 3 rings (SSSR count). The number of halogens is 2. The number of benzene rings is 2. The summed E-state index contributed by atoms with van der Waals surface area (Å²) < 4.78 is 4.93. The van der Waals surface area contributed by atoms with Gasteiger partial charge in [0.05, 0.1) is 25.4 Å². The number of carbonyl (C=O) groups is 2. The first-order valence-corrected chi connectivity index (χ1v) is 9.64. The SMILES string of the molecule is O=C(COC(=O)c1ccc(Sc2ncn[nH]2)c([N+](=O)[O-])c1)Nc1ccc(Cl)c(Cl)c1. The molecule has 0 radical (unpaired) electrons. The minimum Gasteiger partial charge on any atom is -0.452 e. The van der Waals surface area contributed by atoms with Crippen molar-refractivity contribution in [2.45, 2.75) is 10.1 Å². The van der Waals surface area contributed by atoms with Crippen LogP contribution in [0.1, 0.15) is 10.4 Å². The number of H-pyrrole nitrogens is 1. The number of amides is 1. The zero-order chi connectivity index (χ0) is 21.7. The molecule has 0 aliphatic rings. The van der Waals surface area contributed by atoms with E-state index in [-0.39, 0.29) is 21.2 Å². The molecule has 0 saturated heterocycles. The van der Waals surface area contributed by atoms with E-state index in [0.717, 1.165) is 17.8 Å². The minimum atomic E-state index is -0.890. The number of nitro benzene ring substituents is 1. The number of hydrogen-bond acceptors (Lipinski definition) is 8. The fraction of sp³-hybridized carbons (Fsp3) is 0.0588. The lowest BCUT2D eigenvalue weighted by Crippen LogP contribution is -2.21. The maximum Gasteiger partial charge on any atom is 0.338 e. The van der Waals surface area contributed by atoms with E-state index in [2.05, 4.69) is 20.5 Å². The average Bonchev–Trinajstić information content (AvgIpc) is 3.22. The Morgan fingerprint density at radius 1 is 1.20 bits per heavy atom. The normalized spacial score (nSPS) is 10.5. The monoisotopic (exact) mass is 467 g/mol. The summed E-state index contributed by atoms with van der Waals surface area (Å²) in [6, 6.07) is 8.28. The van der Waals surface area contributed by atoms with E-state index in [9.17, 15) is 19.7 Å². The molecule has 10 nitrogen and oxygen atoms in total. The van der Waals surface area contributed by atoms with Gasteiger partial charge in [-0.3, -0.25) is 20.0 Å². The molecule has 3 aromatic rings. The fourth-order valence-corrected chi connectivity index (χ4v) is 3.29. The molecule has 1 aromatic heterocycles. The number of carbonyl (C=O) groups excluding carboxylic acids is 2. The molecule has 2 aromatic carbocycles. The lowest BCUT2D eigenvalue weighted by Gasteiger charge is -2.08. The van der Waals surface area contributed by atoms with Gasteiger partial charge in [0.1, 0.15) is 6.33 Å². The van der Waals surface area contributed by atoms with Crippen LogP contribution in [0.5, 0.6) is 0 Å². The largest absolute Gasteiger partial charge is 0.452 e. The number of rotatable bonds is 7. The quantitative estimate of drug-likeness (QED) is 0.302. The summed E-state index contributed by atoms with van der Waals surface area (Å²) in [7, 11) is 0. The van der Waals surface area contributed by atoms with E-state index in [1.807, 2.05) is 0 Å². The molecular weight excluding hydrogens is 457 g/mol. The highest BCUT2D eigenvalue weighted by Crippen LogP contribution is 2.33. The predicted molar refractivity (Wildman–Crippen MR) is 109 cm³/mol.